The molecule has 3 N–H and O–H groups in total. The van der Waals surface area contributed by atoms with Crippen LogP contribution in [-0.2, 0) is 23.0 Å². The molecule has 1 aliphatic carbocycles. The molecule has 0 atom stereocenters. The Bertz CT molecular complexity index is 917. The Morgan fingerprint density at radius 3 is 2.77 bits per heavy atom. The van der Waals surface area contributed by atoms with E-state index in [-0.39, 0.29) is 5.41 Å². The van der Waals surface area contributed by atoms with Crippen molar-refractivity contribution in [1.29, 1.82) is 0 Å². The van der Waals surface area contributed by atoms with E-state index >= 15 is 0 Å². The third-order valence-electron chi connectivity index (χ3n) is 6.59. The number of hydrogen-bond donors (Lipinski definition) is 2. The van der Waals surface area contributed by atoms with Gasteiger partial charge in [0.25, 0.3) is 0 Å². The van der Waals surface area contributed by atoms with Gasteiger partial charge in [0, 0.05) is 29.9 Å². The summed E-state index contributed by atoms with van der Waals surface area (Å²) in [6.07, 6.45) is 6.57. The predicted molar refractivity (Wildman–Crippen MR) is 123 cm³/mol. The number of aryl methyl sites for hydroxylation is 2. The Balaban J connectivity index is 1.59. The van der Waals surface area contributed by atoms with Crippen molar-refractivity contribution in [3.05, 3.63) is 58.7 Å². The molecule has 5 heteroatoms. The van der Waals surface area contributed by atoms with Crippen molar-refractivity contribution >= 4 is 11.6 Å². The van der Waals surface area contributed by atoms with Crippen molar-refractivity contribution in [2.75, 3.05) is 32.2 Å². The first-order chi connectivity index (χ1) is 14.6. The van der Waals surface area contributed by atoms with Gasteiger partial charge >= 0.3 is 0 Å². The van der Waals surface area contributed by atoms with Gasteiger partial charge in [-0.25, -0.2) is 0 Å². The molecule has 5 nitrogen and oxygen atoms in total. The molecular formula is C25H33N3O2. The van der Waals surface area contributed by atoms with E-state index in [0.717, 1.165) is 50.3 Å². The molecule has 2 aromatic carbocycles. The van der Waals surface area contributed by atoms with Crippen LogP contribution in [0.15, 0.2) is 41.4 Å². The summed E-state index contributed by atoms with van der Waals surface area (Å²) < 4.78 is 11.4. The zero-order valence-corrected chi connectivity index (χ0v) is 18.2. The number of ether oxygens (including phenoxy) is 2. The van der Waals surface area contributed by atoms with Gasteiger partial charge in [-0.3, -0.25) is 4.99 Å². The first kappa shape index (κ1) is 20.7. The number of fused-ring (bicyclic) bond motifs is 1. The van der Waals surface area contributed by atoms with E-state index in [1.165, 1.54) is 35.1 Å². The molecule has 0 bridgehead atoms. The van der Waals surface area contributed by atoms with Gasteiger partial charge in [-0.1, -0.05) is 29.8 Å². The molecule has 4 rings (SSSR count). The predicted octanol–water partition coefficient (Wildman–Crippen LogP) is 4.36. The van der Waals surface area contributed by atoms with Gasteiger partial charge in [-0.15, -0.1) is 0 Å². The molecule has 1 heterocycles. The van der Waals surface area contributed by atoms with Gasteiger partial charge in [0.1, 0.15) is 5.75 Å². The highest BCUT2D eigenvalue weighted by atomic mass is 16.5. The van der Waals surface area contributed by atoms with Crippen LogP contribution < -0.4 is 15.8 Å². The SMILES string of the molecule is COc1ccc(C)cc1C1(CN=C(N)Nc2cccc3c2CCCC3)CCOCC1. The first-order valence-electron chi connectivity index (χ1n) is 11.0. The largest absolute Gasteiger partial charge is 0.496 e. The summed E-state index contributed by atoms with van der Waals surface area (Å²) in [6.45, 7) is 4.19. The second kappa shape index (κ2) is 9.09. The average molecular weight is 408 g/mol. The Morgan fingerprint density at radius 1 is 1.17 bits per heavy atom. The Hall–Kier alpha value is -2.53. The lowest BCUT2D eigenvalue weighted by molar-refractivity contribution is 0.0523. The summed E-state index contributed by atoms with van der Waals surface area (Å²) in [6, 6.07) is 12.8. The number of nitrogens with zero attached hydrogens (tertiary/aromatic N) is 1. The summed E-state index contributed by atoms with van der Waals surface area (Å²) in [5.41, 5.74) is 12.6. The van der Waals surface area contributed by atoms with Gasteiger partial charge in [0.15, 0.2) is 5.96 Å². The molecule has 0 saturated carbocycles. The van der Waals surface area contributed by atoms with Crippen LogP contribution in [0.1, 0.15) is 47.9 Å². The van der Waals surface area contributed by atoms with Crippen molar-refractivity contribution in [1.82, 2.24) is 0 Å². The molecule has 1 fully saturated rings. The summed E-state index contributed by atoms with van der Waals surface area (Å²) in [5, 5.41) is 3.38. The van der Waals surface area contributed by atoms with Crippen LogP contribution in [0.3, 0.4) is 0 Å². The third-order valence-corrected chi connectivity index (χ3v) is 6.59. The molecule has 0 aromatic heterocycles. The number of hydrogen-bond acceptors (Lipinski definition) is 3. The van der Waals surface area contributed by atoms with Crippen molar-refractivity contribution < 1.29 is 9.47 Å². The molecule has 0 amide bonds. The fraction of sp³-hybridized carbons (Fsp3) is 0.480. The lowest BCUT2D eigenvalue weighted by Gasteiger charge is -2.37. The minimum atomic E-state index is -0.127. The van der Waals surface area contributed by atoms with Crippen molar-refractivity contribution in [2.24, 2.45) is 10.7 Å². The van der Waals surface area contributed by atoms with Crippen LogP contribution in [0.25, 0.3) is 0 Å². The van der Waals surface area contributed by atoms with Crippen LogP contribution in [0.5, 0.6) is 5.75 Å². The van der Waals surface area contributed by atoms with Gasteiger partial charge in [0.2, 0.25) is 0 Å². The average Bonchev–Trinajstić information content (AvgIpc) is 2.78. The van der Waals surface area contributed by atoms with E-state index in [4.69, 9.17) is 20.2 Å². The lowest BCUT2D eigenvalue weighted by atomic mass is 9.73. The fourth-order valence-electron chi connectivity index (χ4n) is 4.82. The number of methoxy groups -OCH3 is 1. The second-order valence-electron chi connectivity index (χ2n) is 8.57. The van der Waals surface area contributed by atoms with Crippen molar-refractivity contribution in [2.45, 2.75) is 50.9 Å². The number of nitrogens with two attached hydrogens (primary N) is 1. The van der Waals surface area contributed by atoms with E-state index < -0.39 is 0 Å². The summed E-state index contributed by atoms with van der Waals surface area (Å²) in [5.74, 6) is 1.40. The standard InChI is InChI=1S/C25H33N3O2/c1-18-10-11-23(29-2)21(16-18)25(12-14-30-15-13-25)17-27-24(26)28-22-9-5-7-19-6-3-4-8-20(19)22/h5,7,9-11,16H,3-4,6,8,12-15,17H2,1-2H3,(H3,26,27,28). The number of rotatable bonds is 5. The van der Waals surface area contributed by atoms with Crippen LogP contribution in [-0.4, -0.2) is 32.8 Å². The Kier molecular flexibility index (Phi) is 6.28. The summed E-state index contributed by atoms with van der Waals surface area (Å²) in [4.78, 5) is 4.82. The quantitative estimate of drug-likeness (QED) is 0.571. The molecule has 30 heavy (non-hydrogen) atoms. The lowest BCUT2D eigenvalue weighted by Crippen LogP contribution is -2.38. The number of guanidine groups is 1. The first-order valence-corrected chi connectivity index (χ1v) is 11.0. The maximum atomic E-state index is 6.37. The smallest absolute Gasteiger partial charge is 0.193 e. The van der Waals surface area contributed by atoms with Crippen LogP contribution >= 0.6 is 0 Å². The number of benzene rings is 2. The third kappa shape index (κ3) is 4.31. The van der Waals surface area contributed by atoms with Gasteiger partial charge in [0.05, 0.1) is 13.7 Å². The molecule has 0 unspecified atom stereocenters. The highest BCUT2D eigenvalue weighted by molar-refractivity contribution is 5.93. The minimum absolute atomic E-state index is 0.127. The molecular weight excluding hydrogens is 374 g/mol. The molecule has 1 aliphatic heterocycles. The van der Waals surface area contributed by atoms with Crippen LogP contribution in [0.4, 0.5) is 5.69 Å². The van der Waals surface area contributed by atoms with Crippen LogP contribution in [0, 0.1) is 6.92 Å². The van der Waals surface area contributed by atoms with Gasteiger partial charge < -0.3 is 20.5 Å². The molecule has 0 radical (unpaired) electrons. The molecule has 1 saturated heterocycles. The normalized spacial score (nSPS) is 18.5. The molecule has 160 valence electrons. The molecule has 2 aliphatic rings. The van der Waals surface area contributed by atoms with E-state index in [0.29, 0.717) is 12.5 Å². The van der Waals surface area contributed by atoms with Crippen LogP contribution in [0.2, 0.25) is 0 Å². The summed E-state index contributed by atoms with van der Waals surface area (Å²) in [7, 11) is 1.74. The van der Waals surface area contributed by atoms with E-state index in [1.807, 2.05) is 0 Å². The molecule has 0 spiro atoms. The number of anilines is 1. The monoisotopic (exact) mass is 407 g/mol. The van der Waals surface area contributed by atoms with E-state index in [2.05, 4.69) is 48.6 Å². The highest BCUT2D eigenvalue weighted by Gasteiger charge is 2.37. The Labute approximate surface area is 179 Å². The fourth-order valence-corrected chi connectivity index (χ4v) is 4.82. The van der Waals surface area contributed by atoms with E-state index in [1.54, 1.807) is 7.11 Å². The maximum Gasteiger partial charge on any atom is 0.193 e. The van der Waals surface area contributed by atoms with E-state index in [9.17, 15) is 0 Å². The zero-order chi connectivity index (χ0) is 21.0. The topological polar surface area (TPSA) is 68.9 Å². The number of nitrogens with one attached hydrogen (secondary N) is 1. The molecule has 2 aromatic rings. The van der Waals surface area contributed by atoms with Crippen molar-refractivity contribution in [3.63, 3.8) is 0 Å². The van der Waals surface area contributed by atoms with Gasteiger partial charge in [-0.05, 0) is 68.7 Å². The van der Waals surface area contributed by atoms with Crippen molar-refractivity contribution in [3.8, 4) is 5.75 Å². The maximum absolute atomic E-state index is 6.37. The minimum Gasteiger partial charge on any atom is -0.496 e. The Morgan fingerprint density at radius 2 is 1.97 bits per heavy atom. The highest BCUT2D eigenvalue weighted by Crippen LogP contribution is 2.40. The summed E-state index contributed by atoms with van der Waals surface area (Å²) >= 11 is 0. The second-order valence-corrected chi connectivity index (χ2v) is 8.57. The zero-order valence-electron chi connectivity index (χ0n) is 18.2. The number of aliphatic imine (C=N–C) groups is 1. The van der Waals surface area contributed by atoms with Gasteiger partial charge in [-0.2, -0.15) is 0 Å².